The van der Waals surface area contributed by atoms with E-state index in [0.717, 1.165) is 28.4 Å². The zero-order valence-electron chi connectivity index (χ0n) is 16.4. The van der Waals surface area contributed by atoms with E-state index in [2.05, 4.69) is 0 Å². The molecular weight excluding hydrogens is 384 g/mol. The standard InChI is InChI=1S/C19H20N2O8/c1-26-16(22)11-12(17(23)27-2)14-10-6-5-7-20(10)8-9-21(14)15(19(25)29-4)13(11)18(24)28-3/h5-7,14H,8-9H2,1-4H3. The molecule has 1 unspecified atom stereocenters. The number of esters is 4. The van der Waals surface area contributed by atoms with Gasteiger partial charge in [0.15, 0.2) is 0 Å². The van der Waals surface area contributed by atoms with Gasteiger partial charge in [0.2, 0.25) is 0 Å². The fraction of sp³-hybridized carbons (Fsp3) is 0.368. The third kappa shape index (κ3) is 3.06. The number of hydrogen-bond acceptors (Lipinski definition) is 9. The Morgan fingerprint density at radius 1 is 0.828 bits per heavy atom. The van der Waals surface area contributed by atoms with Gasteiger partial charge in [-0.15, -0.1) is 0 Å². The highest BCUT2D eigenvalue weighted by atomic mass is 16.5. The van der Waals surface area contributed by atoms with E-state index in [4.69, 9.17) is 18.9 Å². The first-order valence-corrected chi connectivity index (χ1v) is 8.64. The van der Waals surface area contributed by atoms with Crippen LogP contribution in [0, 0.1) is 0 Å². The molecule has 3 heterocycles. The smallest absolute Gasteiger partial charge is 0.355 e. The van der Waals surface area contributed by atoms with Crippen LogP contribution >= 0.6 is 0 Å². The molecule has 0 amide bonds. The van der Waals surface area contributed by atoms with Crippen molar-refractivity contribution in [2.45, 2.75) is 12.6 Å². The lowest BCUT2D eigenvalue weighted by Crippen LogP contribution is -2.47. The second-order valence-corrected chi connectivity index (χ2v) is 6.20. The van der Waals surface area contributed by atoms with Crippen LogP contribution in [-0.4, -0.2) is 68.3 Å². The third-order valence-corrected chi connectivity index (χ3v) is 4.92. The molecular formula is C19H20N2O8. The Bertz CT molecular complexity index is 955. The molecule has 2 aliphatic rings. The van der Waals surface area contributed by atoms with Crippen molar-refractivity contribution in [3.63, 3.8) is 0 Å². The van der Waals surface area contributed by atoms with Gasteiger partial charge in [0.1, 0.15) is 17.3 Å². The van der Waals surface area contributed by atoms with Crippen molar-refractivity contribution in [3.05, 3.63) is 46.4 Å². The molecule has 154 valence electrons. The summed E-state index contributed by atoms with van der Waals surface area (Å²) in [6, 6.07) is 2.68. The number of nitrogens with zero attached hydrogens (tertiary/aromatic N) is 2. The fourth-order valence-electron chi connectivity index (χ4n) is 3.72. The second-order valence-electron chi connectivity index (χ2n) is 6.20. The Hall–Kier alpha value is -3.56. The minimum absolute atomic E-state index is 0.118. The molecule has 0 radical (unpaired) electrons. The summed E-state index contributed by atoms with van der Waals surface area (Å²) in [5, 5.41) is 0. The minimum atomic E-state index is -0.980. The van der Waals surface area contributed by atoms with Crippen LogP contribution in [0.3, 0.4) is 0 Å². The van der Waals surface area contributed by atoms with Gasteiger partial charge in [-0.2, -0.15) is 0 Å². The molecule has 1 atom stereocenters. The normalized spacial score (nSPS) is 17.9. The van der Waals surface area contributed by atoms with E-state index in [0.29, 0.717) is 12.2 Å². The molecule has 10 heteroatoms. The van der Waals surface area contributed by atoms with E-state index in [1.807, 2.05) is 10.8 Å². The van der Waals surface area contributed by atoms with Gasteiger partial charge in [0, 0.05) is 25.0 Å². The van der Waals surface area contributed by atoms with Gasteiger partial charge in [-0.3, -0.25) is 0 Å². The maximum atomic E-state index is 12.8. The number of rotatable bonds is 4. The lowest BCUT2D eigenvalue weighted by atomic mass is 9.85. The van der Waals surface area contributed by atoms with Gasteiger partial charge in [-0.25, -0.2) is 19.2 Å². The monoisotopic (exact) mass is 404 g/mol. The maximum absolute atomic E-state index is 12.8. The average molecular weight is 404 g/mol. The van der Waals surface area contributed by atoms with Crippen LogP contribution in [0.15, 0.2) is 40.7 Å². The Balaban J connectivity index is 2.44. The third-order valence-electron chi connectivity index (χ3n) is 4.92. The molecule has 1 aromatic heterocycles. The van der Waals surface area contributed by atoms with Gasteiger partial charge < -0.3 is 28.4 Å². The van der Waals surface area contributed by atoms with Gasteiger partial charge in [-0.1, -0.05) is 0 Å². The van der Waals surface area contributed by atoms with Crippen molar-refractivity contribution in [2.24, 2.45) is 0 Å². The molecule has 0 saturated heterocycles. The minimum Gasteiger partial charge on any atom is -0.466 e. The van der Waals surface area contributed by atoms with Crippen LogP contribution in [0.25, 0.3) is 0 Å². The number of carbonyl (C=O) groups is 4. The van der Waals surface area contributed by atoms with Crippen molar-refractivity contribution in [3.8, 4) is 0 Å². The summed E-state index contributed by atoms with van der Waals surface area (Å²) in [6.07, 6.45) is 1.82. The largest absolute Gasteiger partial charge is 0.466 e. The first-order valence-electron chi connectivity index (χ1n) is 8.64. The van der Waals surface area contributed by atoms with Gasteiger partial charge in [0.25, 0.3) is 0 Å². The Kier molecular flexibility index (Phi) is 5.44. The molecule has 0 aromatic carbocycles. The average Bonchev–Trinajstić information content (AvgIpc) is 3.24. The van der Waals surface area contributed by atoms with Crippen LogP contribution in [-0.2, 0) is 44.7 Å². The van der Waals surface area contributed by atoms with E-state index in [1.165, 1.54) is 0 Å². The maximum Gasteiger partial charge on any atom is 0.355 e. The number of fused-ring (bicyclic) bond motifs is 3. The Morgan fingerprint density at radius 2 is 1.41 bits per heavy atom. The van der Waals surface area contributed by atoms with E-state index < -0.39 is 35.5 Å². The second kappa shape index (κ2) is 7.82. The molecule has 29 heavy (non-hydrogen) atoms. The summed E-state index contributed by atoms with van der Waals surface area (Å²) >= 11 is 0. The summed E-state index contributed by atoms with van der Waals surface area (Å²) in [5.74, 6) is -3.64. The lowest BCUT2D eigenvalue weighted by molar-refractivity contribution is -0.144. The van der Waals surface area contributed by atoms with E-state index in [9.17, 15) is 19.2 Å². The summed E-state index contributed by atoms with van der Waals surface area (Å²) in [6.45, 7) is 0.752. The van der Waals surface area contributed by atoms with Gasteiger partial charge >= 0.3 is 23.9 Å². The molecule has 1 aromatic rings. The van der Waals surface area contributed by atoms with Crippen molar-refractivity contribution < 1.29 is 38.1 Å². The predicted octanol–water partition coefficient (Wildman–Crippen LogP) is 0.101. The fourth-order valence-corrected chi connectivity index (χ4v) is 3.72. The molecule has 0 fully saturated rings. The highest BCUT2D eigenvalue weighted by Crippen LogP contribution is 2.44. The van der Waals surface area contributed by atoms with E-state index >= 15 is 0 Å². The molecule has 2 aliphatic heterocycles. The molecule has 10 nitrogen and oxygen atoms in total. The summed E-state index contributed by atoms with van der Waals surface area (Å²) in [5.41, 5.74) is -0.439. The molecule has 0 saturated carbocycles. The lowest BCUT2D eigenvalue weighted by Gasteiger charge is -2.43. The summed E-state index contributed by atoms with van der Waals surface area (Å²) < 4.78 is 21.3. The topological polar surface area (TPSA) is 113 Å². The molecule has 0 bridgehead atoms. The van der Waals surface area contributed by atoms with Crippen LogP contribution in [0.4, 0.5) is 0 Å². The van der Waals surface area contributed by atoms with E-state index in [1.54, 1.807) is 17.0 Å². The number of methoxy groups -OCH3 is 4. The Labute approximate surface area is 166 Å². The van der Waals surface area contributed by atoms with Crippen molar-refractivity contribution in [1.29, 1.82) is 0 Å². The summed E-state index contributed by atoms with van der Waals surface area (Å²) in [4.78, 5) is 52.3. The van der Waals surface area contributed by atoms with E-state index in [-0.39, 0.29) is 23.4 Å². The number of aromatic nitrogens is 1. The SMILES string of the molecule is COC(=O)C1=C(C(=O)OC)C2c3cccn3CCN2C(C(=O)OC)=C1C(=O)OC. The number of ether oxygens (including phenoxy) is 4. The first-order chi connectivity index (χ1) is 13.9. The zero-order valence-corrected chi connectivity index (χ0v) is 16.4. The quantitative estimate of drug-likeness (QED) is 0.509. The molecule has 3 rings (SSSR count). The van der Waals surface area contributed by atoms with Crippen LogP contribution in [0.1, 0.15) is 11.7 Å². The molecule has 0 N–H and O–H groups in total. The molecule has 0 aliphatic carbocycles. The predicted molar refractivity (Wildman–Crippen MR) is 96.0 cm³/mol. The summed E-state index contributed by atoms with van der Waals surface area (Å²) in [7, 11) is 4.52. The van der Waals surface area contributed by atoms with Crippen molar-refractivity contribution in [1.82, 2.24) is 9.47 Å². The molecule has 0 spiro atoms. The van der Waals surface area contributed by atoms with Crippen LogP contribution in [0.5, 0.6) is 0 Å². The highest BCUT2D eigenvalue weighted by Gasteiger charge is 2.48. The van der Waals surface area contributed by atoms with Gasteiger partial charge in [-0.05, 0) is 12.1 Å². The number of carbonyl (C=O) groups excluding carboxylic acids is 4. The zero-order chi connectivity index (χ0) is 21.3. The highest BCUT2D eigenvalue weighted by molar-refractivity contribution is 6.16. The van der Waals surface area contributed by atoms with Crippen LogP contribution < -0.4 is 0 Å². The van der Waals surface area contributed by atoms with Crippen molar-refractivity contribution >= 4 is 23.9 Å². The first kappa shape index (κ1) is 20.2. The number of hydrogen-bond donors (Lipinski definition) is 0. The Morgan fingerprint density at radius 3 is 2.00 bits per heavy atom. The van der Waals surface area contributed by atoms with Crippen LogP contribution in [0.2, 0.25) is 0 Å². The van der Waals surface area contributed by atoms with Crippen molar-refractivity contribution in [2.75, 3.05) is 35.0 Å². The van der Waals surface area contributed by atoms with Gasteiger partial charge in [0.05, 0.1) is 39.6 Å².